The molecular weight excluding hydrogens is 306 g/mol. The van der Waals surface area contributed by atoms with E-state index in [0.29, 0.717) is 6.61 Å². The minimum absolute atomic E-state index is 0.0923. The maximum atomic E-state index is 12.0. The Morgan fingerprint density at radius 2 is 2.24 bits per heavy atom. The molecule has 7 heteroatoms. The highest BCUT2D eigenvalue weighted by Gasteiger charge is 2.34. The van der Waals surface area contributed by atoms with Crippen molar-refractivity contribution in [2.45, 2.75) is 39.2 Å². The van der Waals surface area contributed by atoms with Crippen molar-refractivity contribution in [1.29, 1.82) is 0 Å². The van der Waals surface area contributed by atoms with Gasteiger partial charge in [0.1, 0.15) is 10.4 Å². The van der Waals surface area contributed by atoms with E-state index in [1.165, 1.54) is 11.3 Å². The Morgan fingerprint density at radius 1 is 1.48 bits per heavy atom. The van der Waals surface area contributed by atoms with E-state index < -0.39 is 5.41 Å². The summed E-state index contributed by atoms with van der Waals surface area (Å²) in [6.45, 7) is 7.87. The highest BCUT2D eigenvalue weighted by Crippen LogP contribution is 2.30. The second-order valence-corrected chi connectivity index (χ2v) is 6.90. The van der Waals surface area contributed by atoms with Gasteiger partial charge in [0.15, 0.2) is 5.13 Å². The van der Waals surface area contributed by atoms with E-state index in [2.05, 4.69) is 15.3 Å². The van der Waals surface area contributed by atoms with Gasteiger partial charge >= 0.3 is 5.97 Å². The first-order valence-electron chi connectivity index (χ1n) is 6.74. The molecule has 1 N–H and O–H groups in total. The molecule has 0 spiro atoms. The molecule has 2 heterocycles. The lowest BCUT2D eigenvalue weighted by Gasteiger charge is -2.19. The van der Waals surface area contributed by atoms with Gasteiger partial charge in [-0.05, 0) is 27.7 Å². The summed E-state index contributed by atoms with van der Waals surface area (Å²) in [5.41, 5.74) is -0.0172. The van der Waals surface area contributed by atoms with Gasteiger partial charge in [0.25, 0.3) is 0 Å². The summed E-state index contributed by atoms with van der Waals surface area (Å²) in [7, 11) is 0. The van der Waals surface area contributed by atoms with Crippen molar-refractivity contribution >= 4 is 33.8 Å². The zero-order chi connectivity index (χ0) is 15.5. The van der Waals surface area contributed by atoms with Crippen LogP contribution in [-0.2, 0) is 14.9 Å². The number of esters is 1. The van der Waals surface area contributed by atoms with Crippen molar-refractivity contribution in [3.63, 3.8) is 0 Å². The summed E-state index contributed by atoms with van der Waals surface area (Å²) in [4.78, 5) is 20.8. The number of hydrogen-bond donors (Lipinski definition) is 1. The number of carbonyl (C=O) groups excluding carboxylic acids is 1. The van der Waals surface area contributed by atoms with Crippen LogP contribution in [0.5, 0.6) is 0 Å². The van der Waals surface area contributed by atoms with Gasteiger partial charge in [0, 0.05) is 17.0 Å². The molecule has 2 aromatic heterocycles. The summed E-state index contributed by atoms with van der Waals surface area (Å²) < 4.78 is 5.11. The number of ether oxygens (including phenoxy) is 1. The molecule has 0 saturated carbocycles. The number of thiazole rings is 2. The second-order valence-electron chi connectivity index (χ2n) is 5.12. The minimum atomic E-state index is -0.739. The van der Waals surface area contributed by atoms with Crippen molar-refractivity contribution in [3.8, 4) is 0 Å². The SMILES string of the molecule is CCOC(=O)C(C)(C)c1csc(NC(C)c2nccs2)n1. The van der Waals surface area contributed by atoms with Gasteiger partial charge in [-0.25, -0.2) is 9.97 Å². The first-order valence-corrected chi connectivity index (χ1v) is 8.50. The van der Waals surface area contributed by atoms with E-state index >= 15 is 0 Å². The molecule has 5 nitrogen and oxygen atoms in total. The van der Waals surface area contributed by atoms with Crippen LogP contribution in [0.25, 0.3) is 0 Å². The molecule has 114 valence electrons. The topological polar surface area (TPSA) is 64.1 Å². The zero-order valence-electron chi connectivity index (χ0n) is 12.5. The molecule has 2 aromatic rings. The van der Waals surface area contributed by atoms with Crippen LogP contribution in [0.2, 0.25) is 0 Å². The van der Waals surface area contributed by atoms with Crippen LogP contribution < -0.4 is 5.32 Å². The van der Waals surface area contributed by atoms with Gasteiger partial charge in [0.05, 0.1) is 18.3 Å². The van der Waals surface area contributed by atoms with Gasteiger partial charge in [-0.1, -0.05) is 0 Å². The summed E-state index contributed by atoms with van der Waals surface area (Å²) >= 11 is 3.09. The maximum absolute atomic E-state index is 12.0. The Bertz CT molecular complexity index is 593. The van der Waals surface area contributed by atoms with Gasteiger partial charge < -0.3 is 10.1 Å². The van der Waals surface area contributed by atoms with E-state index in [9.17, 15) is 4.79 Å². The smallest absolute Gasteiger partial charge is 0.317 e. The fourth-order valence-electron chi connectivity index (χ4n) is 1.74. The molecule has 21 heavy (non-hydrogen) atoms. The Balaban J connectivity index is 2.09. The summed E-state index contributed by atoms with van der Waals surface area (Å²) in [6, 6.07) is 0.0923. The lowest BCUT2D eigenvalue weighted by molar-refractivity contribution is -0.148. The number of anilines is 1. The standard InChI is InChI=1S/C14H19N3O2S2/c1-5-19-12(18)14(3,4)10-8-21-13(17-10)16-9(2)11-15-6-7-20-11/h6-9H,5H2,1-4H3,(H,16,17). The quantitative estimate of drug-likeness (QED) is 0.822. The molecule has 0 aliphatic rings. The van der Waals surface area contributed by atoms with Crippen molar-refractivity contribution in [1.82, 2.24) is 9.97 Å². The highest BCUT2D eigenvalue weighted by molar-refractivity contribution is 7.13. The number of hydrogen-bond acceptors (Lipinski definition) is 7. The number of nitrogens with one attached hydrogen (secondary N) is 1. The average molecular weight is 325 g/mol. The van der Waals surface area contributed by atoms with Gasteiger partial charge in [-0.3, -0.25) is 4.79 Å². The maximum Gasteiger partial charge on any atom is 0.317 e. The summed E-state index contributed by atoms with van der Waals surface area (Å²) in [5.74, 6) is -0.255. The normalized spacial score (nSPS) is 13.0. The molecule has 0 amide bonds. The van der Waals surface area contributed by atoms with Gasteiger partial charge in [-0.2, -0.15) is 0 Å². The molecular formula is C14H19N3O2S2. The lowest BCUT2D eigenvalue weighted by atomic mass is 9.90. The Kier molecular flexibility index (Phi) is 4.95. The number of rotatable bonds is 6. The molecule has 0 aliphatic carbocycles. The Morgan fingerprint density at radius 3 is 2.86 bits per heavy atom. The van der Waals surface area contributed by atoms with Crippen LogP contribution in [0, 0.1) is 0 Å². The summed E-state index contributed by atoms with van der Waals surface area (Å²) in [6.07, 6.45) is 1.79. The molecule has 0 radical (unpaired) electrons. The molecule has 1 unspecified atom stereocenters. The molecule has 2 rings (SSSR count). The third-order valence-corrected chi connectivity index (χ3v) is 4.82. The predicted molar refractivity (Wildman–Crippen MR) is 85.9 cm³/mol. The molecule has 0 bridgehead atoms. The van der Waals surface area contributed by atoms with Crippen LogP contribution in [-0.4, -0.2) is 22.5 Å². The fourth-order valence-corrected chi connectivity index (χ4v) is 3.35. The number of nitrogens with zero attached hydrogens (tertiary/aromatic N) is 2. The van der Waals surface area contributed by atoms with Gasteiger partial charge in [-0.15, -0.1) is 22.7 Å². The Labute approximate surface area is 132 Å². The van der Waals surface area contributed by atoms with E-state index in [1.54, 1.807) is 24.5 Å². The van der Waals surface area contributed by atoms with Crippen LogP contribution in [0.1, 0.15) is 44.4 Å². The summed E-state index contributed by atoms with van der Waals surface area (Å²) in [5, 5.41) is 8.95. The molecule has 0 aromatic carbocycles. The van der Waals surface area contributed by atoms with E-state index in [4.69, 9.17) is 4.74 Å². The van der Waals surface area contributed by atoms with E-state index in [-0.39, 0.29) is 12.0 Å². The van der Waals surface area contributed by atoms with Crippen molar-refractivity contribution in [2.75, 3.05) is 11.9 Å². The first kappa shape index (κ1) is 15.9. The number of aromatic nitrogens is 2. The van der Waals surface area contributed by atoms with Crippen molar-refractivity contribution in [2.24, 2.45) is 0 Å². The van der Waals surface area contributed by atoms with E-state index in [1.807, 2.05) is 31.5 Å². The third kappa shape index (κ3) is 3.59. The average Bonchev–Trinajstić information content (AvgIpc) is 3.10. The van der Waals surface area contributed by atoms with Crippen LogP contribution >= 0.6 is 22.7 Å². The largest absolute Gasteiger partial charge is 0.465 e. The van der Waals surface area contributed by atoms with Crippen molar-refractivity contribution < 1.29 is 9.53 Å². The van der Waals surface area contributed by atoms with E-state index in [0.717, 1.165) is 15.8 Å². The molecule has 0 fully saturated rings. The van der Waals surface area contributed by atoms with Crippen LogP contribution in [0.15, 0.2) is 17.0 Å². The number of carbonyl (C=O) groups is 1. The lowest BCUT2D eigenvalue weighted by Crippen LogP contribution is -2.31. The molecule has 0 saturated heterocycles. The third-order valence-electron chi connectivity index (χ3n) is 3.09. The highest BCUT2D eigenvalue weighted by atomic mass is 32.1. The second kappa shape index (κ2) is 6.53. The molecule has 1 atom stereocenters. The van der Waals surface area contributed by atoms with Crippen LogP contribution in [0.3, 0.4) is 0 Å². The zero-order valence-corrected chi connectivity index (χ0v) is 14.2. The monoisotopic (exact) mass is 325 g/mol. The fraction of sp³-hybridized carbons (Fsp3) is 0.500. The molecule has 0 aliphatic heterocycles. The van der Waals surface area contributed by atoms with Gasteiger partial charge in [0.2, 0.25) is 0 Å². The Hall–Kier alpha value is -1.47. The van der Waals surface area contributed by atoms with Crippen molar-refractivity contribution in [3.05, 3.63) is 27.7 Å². The first-order chi connectivity index (χ1) is 9.95. The predicted octanol–water partition coefficient (Wildman–Crippen LogP) is 3.61. The van der Waals surface area contributed by atoms with Crippen LogP contribution in [0.4, 0.5) is 5.13 Å². The minimum Gasteiger partial charge on any atom is -0.465 e.